The summed E-state index contributed by atoms with van der Waals surface area (Å²) in [7, 11) is 0. The lowest BCUT2D eigenvalue weighted by Gasteiger charge is -2.34. The van der Waals surface area contributed by atoms with E-state index in [0.717, 1.165) is 37.9 Å². The van der Waals surface area contributed by atoms with Gasteiger partial charge in [0.1, 0.15) is 0 Å². The molecule has 1 saturated heterocycles. The predicted molar refractivity (Wildman–Crippen MR) is 100.0 cm³/mol. The second kappa shape index (κ2) is 6.58. The van der Waals surface area contributed by atoms with Crippen molar-refractivity contribution in [2.75, 3.05) is 13.1 Å². The number of nitrogens with zero attached hydrogens (tertiary/aromatic N) is 2. The Hall–Kier alpha value is -2.08. The number of rotatable bonds is 4. The van der Waals surface area contributed by atoms with Gasteiger partial charge in [-0.1, -0.05) is 0 Å². The van der Waals surface area contributed by atoms with Crippen LogP contribution in [0.15, 0.2) is 33.6 Å². The summed E-state index contributed by atoms with van der Waals surface area (Å²) in [5, 5.41) is 4.16. The van der Waals surface area contributed by atoms with Crippen LogP contribution in [0.1, 0.15) is 47.9 Å². The molecular weight excluding hydrogens is 348 g/mol. The molecule has 138 valence electrons. The Morgan fingerprint density at radius 1 is 1.35 bits per heavy atom. The average Bonchev–Trinajstić information content (AvgIpc) is 2.98. The molecule has 1 spiro atoms. The fourth-order valence-electron chi connectivity index (χ4n) is 4.22. The third kappa shape index (κ3) is 3.07. The zero-order valence-electron chi connectivity index (χ0n) is 15.2. The molecule has 2 fully saturated rings. The molecule has 2 amide bonds. The second-order valence-corrected chi connectivity index (χ2v) is 8.37. The number of likely N-dealkylation sites (tertiary alicyclic amines) is 1. The molecule has 1 atom stereocenters. The van der Waals surface area contributed by atoms with Gasteiger partial charge >= 0.3 is 0 Å². The highest BCUT2D eigenvalue weighted by molar-refractivity contribution is 7.07. The number of hydrogen-bond donors (Lipinski definition) is 0. The molecule has 0 radical (unpaired) electrons. The van der Waals surface area contributed by atoms with E-state index in [0.29, 0.717) is 18.3 Å². The van der Waals surface area contributed by atoms with Gasteiger partial charge in [-0.05, 0) is 60.1 Å². The minimum atomic E-state index is -0.0127. The quantitative estimate of drug-likeness (QED) is 0.822. The van der Waals surface area contributed by atoms with Gasteiger partial charge in [-0.3, -0.25) is 9.59 Å². The number of hydrogen-bond acceptors (Lipinski definition) is 4. The van der Waals surface area contributed by atoms with E-state index in [-0.39, 0.29) is 17.2 Å². The molecule has 26 heavy (non-hydrogen) atoms. The first-order chi connectivity index (χ1) is 12.5. The number of carbonyl (C=O) groups is 2. The SMILES string of the molecule is CC(=O)N(Cc1ccsc1)[C@@H]1CC12CCN(C(=O)c1occc1C)CC2. The highest BCUT2D eigenvalue weighted by Crippen LogP contribution is 2.57. The monoisotopic (exact) mass is 372 g/mol. The van der Waals surface area contributed by atoms with Gasteiger partial charge in [0.05, 0.1) is 6.26 Å². The highest BCUT2D eigenvalue weighted by Gasteiger charge is 2.58. The number of piperidine rings is 1. The van der Waals surface area contributed by atoms with Crippen LogP contribution in [0, 0.1) is 12.3 Å². The van der Waals surface area contributed by atoms with Crippen LogP contribution in [0.2, 0.25) is 0 Å². The van der Waals surface area contributed by atoms with Crippen molar-refractivity contribution in [1.29, 1.82) is 0 Å². The molecule has 2 aromatic heterocycles. The maximum atomic E-state index is 12.6. The molecule has 6 heteroatoms. The van der Waals surface area contributed by atoms with E-state index in [4.69, 9.17) is 4.42 Å². The van der Waals surface area contributed by atoms with Gasteiger partial charge in [-0.15, -0.1) is 0 Å². The van der Waals surface area contributed by atoms with E-state index in [1.54, 1.807) is 24.5 Å². The zero-order chi connectivity index (χ0) is 18.3. The molecule has 0 bridgehead atoms. The molecule has 1 saturated carbocycles. The Kier molecular flexibility index (Phi) is 4.39. The number of carbonyl (C=O) groups excluding carboxylic acids is 2. The first-order valence-corrected chi connectivity index (χ1v) is 10.1. The van der Waals surface area contributed by atoms with Crippen LogP contribution in [0.3, 0.4) is 0 Å². The smallest absolute Gasteiger partial charge is 0.289 e. The second-order valence-electron chi connectivity index (χ2n) is 7.59. The topological polar surface area (TPSA) is 53.8 Å². The Labute approximate surface area is 157 Å². The number of aryl methyl sites for hydroxylation is 1. The lowest BCUT2D eigenvalue weighted by molar-refractivity contribution is -0.130. The average molecular weight is 372 g/mol. The largest absolute Gasteiger partial charge is 0.459 e. The Bertz CT molecular complexity index is 803. The van der Waals surface area contributed by atoms with Crippen molar-refractivity contribution in [2.45, 2.75) is 45.7 Å². The van der Waals surface area contributed by atoms with Gasteiger partial charge in [-0.25, -0.2) is 0 Å². The fourth-order valence-corrected chi connectivity index (χ4v) is 4.87. The van der Waals surface area contributed by atoms with Gasteiger partial charge in [0.25, 0.3) is 5.91 Å². The molecule has 2 aliphatic rings. The van der Waals surface area contributed by atoms with Crippen LogP contribution in [0.4, 0.5) is 0 Å². The van der Waals surface area contributed by atoms with E-state index < -0.39 is 0 Å². The Morgan fingerprint density at radius 3 is 2.69 bits per heavy atom. The normalized spacial score (nSPS) is 21.0. The molecule has 5 nitrogen and oxygen atoms in total. The summed E-state index contributed by atoms with van der Waals surface area (Å²) in [4.78, 5) is 28.7. The molecule has 2 aromatic rings. The molecule has 1 aliphatic heterocycles. The van der Waals surface area contributed by atoms with E-state index in [2.05, 4.69) is 16.8 Å². The van der Waals surface area contributed by atoms with Crippen LogP contribution < -0.4 is 0 Å². The summed E-state index contributed by atoms with van der Waals surface area (Å²) in [6.45, 7) is 5.73. The molecule has 1 aliphatic carbocycles. The molecule has 0 N–H and O–H groups in total. The van der Waals surface area contributed by atoms with Gasteiger partial charge in [-0.2, -0.15) is 11.3 Å². The van der Waals surface area contributed by atoms with E-state index in [1.165, 1.54) is 5.56 Å². The summed E-state index contributed by atoms with van der Waals surface area (Å²) in [6, 6.07) is 4.22. The summed E-state index contributed by atoms with van der Waals surface area (Å²) >= 11 is 1.66. The molecular formula is C20H24N2O3S. The van der Waals surface area contributed by atoms with Gasteiger partial charge < -0.3 is 14.2 Å². The maximum Gasteiger partial charge on any atom is 0.289 e. The van der Waals surface area contributed by atoms with Crippen molar-refractivity contribution in [3.8, 4) is 0 Å². The molecule has 4 rings (SSSR count). The summed E-state index contributed by atoms with van der Waals surface area (Å²) in [5.74, 6) is 0.583. The minimum Gasteiger partial charge on any atom is -0.459 e. The van der Waals surface area contributed by atoms with Crippen molar-refractivity contribution < 1.29 is 14.0 Å². The zero-order valence-corrected chi connectivity index (χ0v) is 16.1. The van der Waals surface area contributed by atoms with Crippen molar-refractivity contribution in [1.82, 2.24) is 9.80 Å². The van der Waals surface area contributed by atoms with Crippen LogP contribution in [-0.4, -0.2) is 40.7 Å². The van der Waals surface area contributed by atoms with Crippen molar-refractivity contribution in [2.24, 2.45) is 5.41 Å². The fraction of sp³-hybridized carbons (Fsp3) is 0.500. The number of thiophene rings is 1. The highest BCUT2D eigenvalue weighted by atomic mass is 32.1. The van der Waals surface area contributed by atoms with E-state index in [9.17, 15) is 9.59 Å². The van der Waals surface area contributed by atoms with E-state index in [1.807, 2.05) is 22.8 Å². The first kappa shape index (κ1) is 17.3. The lowest BCUT2D eigenvalue weighted by Crippen LogP contribution is -2.42. The van der Waals surface area contributed by atoms with Crippen LogP contribution in [0.25, 0.3) is 0 Å². The number of amides is 2. The summed E-state index contributed by atoms with van der Waals surface area (Å²) in [5.41, 5.74) is 2.28. The van der Waals surface area contributed by atoms with E-state index >= 15 is 0 Å². The Morgan fingerprint density at radius 2 is 2.12 bits per heavy atom. The minimum absolute atomic E-state index is 0.0127. The third-order valence-corrected chi connectivity index (χ3v) is 6.70. The maximum absolute atomic E-state index is 12.6. The van der Waals surface area contributed by atoms with Gasteiger partial charge in [0.2, 0.25) is 5.91 Å². The lowest BCUT2D eigenvalue weighted by atomic mass is 9.92. The third-order valence-electron chi connectivity index (χ3n) is 5.96. The molecule has 3 heterocycles. The Balaban J connectivity index is 1.39. The summed E-state index contributed by atoms with van der Waals surface area (Å²) in [6.07, 6.45) is 4.53. The molecule has 0 aromatic carbocycles. The van der Waals surface area contributed by atoms with Gasteiger partial charge in [0.15, 0.2) is 5.76 Å². The van der Waals surface area contributed by atoms with Crippen LogP contribution in [0.5, 0.6) is 0 Å². The standard InChI is InChI=1S/C20H24N2O3S/c1-14-3-9-25-18(14)19(24)21-7-5-20(6-8-21)11-17(20)22(15(2)23)12-16-4-10-26-13-16/h3-4,9-10,13,17H,5-8,11-12H2,1-2H3/t17-/m1/s1. The first-order valence-electron chi connectivity index (χ1n) is 9.12. The van der Waals surface area contributed by atoms with Crippen LogP contribution >= 0.6 is 11.3 Å². The summed E-state index contributed by atoms with van der Waals surface area (Å²) < 4.78 is 5.35. The molecule has 0 unspecified atom stereocenters. The van der Waals surface area contributed by atoms with Gasteiger partial charge in [0, 0.05) is 38.2 Å². The van der Waals surface area contributed by atoms with Crippen LogP contribution in [-0.2, 0) is 11.3 Å². The number of furan rings is 1. The predicted octanol–water partition coefficient (Wildman–Crippen LogP) is 3.69. The van der Waals surface area contributed by atoms with Crippen molar-refractivity contribution in [3.63, 3.8) is 0 Å². The van der Waals surface area contributed by atoms with Crippen molar-refractivity contribution in [3.05, 3.63) is 46.0 Å². The van der Waals surface area contributed by atoms with Crippen molar-refractivity contribution >= 4 is 23.2 Å².